The van der Waals surface area contributed by atoms with Crippen LogP contribution in [0.5, 0.6) is 5.75 Å². The van der Waals surface area contributed by atoms with Gasteiger partial charge in [-0.25, -0.2) is 12.8 Å². The summed E-state index contributed by atoms with van der Waals surface area (Å²) in [4.78, 5) is 12.8. The van der Waals surface area contributed by atoms with E-state index >= 15 is 0 Å². The normalized spacial score (nSPS) is 12.1. The number of hydrogen-bond donors (Lipinski definition) is 1. The van der Waals surface area contributed by atoms with E-state index in [1.54, 1.807) is 12.1 Å². The van der Waals surface area contributed by atoms with Crippen LogP contribution in [-0.2, 0) is 14.8 Å². The Morgan fingerprint density at radius 3 is 2.18 bits per heavy atom. The lowest BCUT2D eigenvalue weighted by atomic mass is 10.1. The van der Waals surface area contributed by atoms with Gasteiger partial charge in [-0.15, -0.1) is 0 Å². The standard InChI is InChI=1S/C25H27FN2O4S/c1-4-32-23-13-15-24(16-14-23)33(30,31)28(22-11-9-21(26)10-12-22)17-25(29)27-19(3)20-7-5-18(2)6-8-20/h5-16,19H,4,17H2,1-3H3,(H,27,29)/t19-/m0/s1. The first-order valence-electron chi connectivity index (χ1n) is 10.6. The fourth-order valence-corrected chi connectivity index (χ4v) is 4.70. The molecule has 8 heteroatoms. The number of sulfonamides is 1. The Labute approximate surface area is 194 Å². The zero-order valence-corrected chi connectivity index (χ0v) is 19.6. The molecule has 0 aliphatic rings. The number of hydrogen-bond acceptors (Lipinski definition) is 4. The highest BCUT2D eigenvalue weighted by Crippen LogP contribution is 2.25. The van der Waals surface area contributed by atoms with Crippen LogP contribution in [0, 0.1) is 12.7 Å². The van der Waals surface area contributed by atoms with E-state index in [0.29, 0.717) is 12.4 Å². The number of aryl methyl sites for hydroxylation is 1. The van der Waals surface area contributed by atoms with Crippen LogP contribution in [0.1, 0.15) is 31.0 Å². The Kier molecular flexibility index (Phi) is 7.71. The first-order valence-corrected chi connectivity index (χ1v) is 12.0. The number of nitrogens with one attached hydrogen (secondary N) is 1. The quantitative estimate of drug-likeness (QED) is 0.496. The number of carbonyl (C=O) groups excluding carboxylic acids is 1. The van der Waals surface area contributed by atoms with E-state index in [2.05, 4.69) is 5.32 Å². The Bertz CT molecular complexity index is 1180. The van der Waals surface area contributed by atoms with Crippen LogP contribution < -0.4 is 14.4 Å². The number of carbonyl (C=O) groups is 1. The smallest absolute Gasteiger partial charge is 0.264 e. The van der Waals surface area contributed by atoms with Crippen molar-refractivity contribution in [3.63, 3.8) is 0 Å². The molecule has 3 rings (SSSR count). The molecule has 0 heterocycles. The molecule has 0 spiro atoms. The fourth-order valence-electron chi connectivity index (χ4n) is 3.28. The number of amides is 1. The first kappa shape index (κ1) is 24.3. The molecule has 1 N–H and O–H groups in total. The molecule has 1 atom stereocenters. The van der Waals surface area contributed by atoms with E-state index in [4.69, 9.17) is 4.74 Å². The Morgan fingerprint density at radius 2 is 1.61 bits per heavy atom. The zero-order valence-electron chi connectivity index (χ0n) is 18.8. The molecule has 6 nitrogen and oxygen atoms in total. The van der Waals surface area contributed by atoms with Crippen LogP contribution in [0.25, 0.3) is 0 Å². The van der Waals surface area contributed by atoms with Crippen LogP contribution >= 0.6 is 0 Å². The molecular formula is C25H27FN2O4S. The van der Waals surface area contributed by atoms with E-state index < -0.39 is 28.3 Å². The second-order valence-electron chi connectivity index (χ2n) is 7.59. The molecule has 0 unspecified atom stereocenters. The van der Waals surface area contributed by atoms with E-state index in [0.717, 1.165) is 27.6 Å². The summed E-state index contributed by atoms with van der Waals surface area (Å²) >= 11 is 0. The van der Waals surface area contributed by atoms with Crippen molar-refractivity contribution in [3.05, 3.63) is 89.7 Å². The largest absolute Gasteiger partial charge is 0.494 e. The maximum atomic E-state index is 13.5. The van der Waals surface area contributed by atoms with Gasteiger partial charge in [0.2, 0.25) is 5.91 Å². The molecule has 3 aromatic carbocycles. The highest BCUT2D eigenvalue weighted by atomic mass is 32.2. The van der Waals surface area contributed by atoms with Crippen LogP contribution in [0.4, 0.5) is 10.1 Å². The predicted molar refractivity (Wildman–Crippen MR) is 126 cm³/mol. The van der Waals surface area contributed by atoms with Crippen molar-refractivity contribution in [1.29, 1.82) is 0 Å². The van der Waals surface area contributed by atoms with Gasteiger partial charge in [-0.1, -0.05) is 29.8 Å². The van der Waals surface area contributed by atoms with E-state index in [9.17, 15) is 17.6 Å². The fraction of sp³-hybridized carbons (Fsp3) is 0.240. The molecule has 0 fully saturated rings. The van der Waals surface area contributed by atoms with Crippen molar-refractivity contribution in [2.45, 2.75) is 31.7 Å². The lowest BCUT2D eigenvalue weighted by Crippen LogP contribution is -2.41. The first-order chi connectivity index (χ1) is 15.7. The second-order valence-corrected chi connectivity index (χ2v) is 9.45. The van der Waals surface area contributed by atoms with Crippen LogP contribution in [0.3, 0.4) is 0 Å². The van der Waals surface area contributed by atoms with Crippen LogP contribution in [-0.4, -0.2) is 27.5 Å². The van der Waals surface area contributed by atoms with E-state index in [1.165, 1.54) is 24.3 Å². The highest BCUT2D eigenvalue weighted by molar-refractivity contribution is 7.92. The molecule has 3 aromatic rings. The molecule has 0 aliphatic carbocycles. The Balaban J connectivity index is 1.87. The number of benzene rings is 3. The van der Waals surface area contributed by atoms with Gasteiger partial charge in [-0.3, -0.25) is 9.10 Å². The van der Waals surface area contributed by atoms with Crippen molar-refractivity contribution < 1.29 is 22.3 Å². The van der Waals surface area contributed by atoms with Gasteiger partial charge in [-0.2, -0.15) is 0 Å². The molecule has 174 valence electrons. The SMILES string of the molecule is CCOc1ccc(S(=O)(=O)N(CC(=O)N[C@@H](C)c2ccc(C)cc2)c2ccc(F)cc2)cc1. The Morgan fingerprint density at radius 1 is 1.00 bits per heavy atom. The third-order valence-electron chi connectivity index (χ3n) is 5.08. The van der Waals surface area contributed by atoms with E-state index in [-0.39, 0.29) is 16.6 Å². The minimum absolute atomic E-state index is 0.00494. The summed E-state index contributed by atoms with van der Waals surface area (Å²) in [7, 11) is -4.11. The number of ether oxygens (including phenoxy) is 1. The monoisotopic (exact) mass is 470 g/mol. The van der Waals surface area contributed by atoms with Gasteiger partial charge >= 0.3 is 0 Å². The van der Waals surface area contributed by atoms with Crippen molar-refractivity contribution in [2.24, 2.45) is 0 Å². The van der Waals surface area contributed by atoms with Crippen LogP contribution in [0.15, 0.2) is 77.7 Å². The molecule has 0 radical (unpaired) electrons. The molecule has 0 aliphatic heterocycles. The number of halogens is 1. The maximum absolute atomic E-state index is 13.5. The maximum Gasteiger partial charge on any atom is 0.264 e. The molecule has 0 saturated heterocycles. The molecule has 33 heavy (non-hydrogen) atoms. The zero-order chi connectivity index (χ0) is 24.0. The van der Waals surface area contributed by atoms with Crippen molar-refractivity contribution in [1.82, 2.24) is 5.32 Å². The summed E-state index contributed by atoms with van der Waals surface area (Å²) in [5.41, 5.74) is 2.18. The average Bonchev–Trinajstić information content (AvgIpc) is 2.79. The highest BCUT2D eigenvalue weighted by Gasteiger charge is 2.28. The number of rotatable bonds is 9. The predicted octanol–water partition coefficient (Wildman–Crippen LogP) is 4.61. The summed E-state index contributed by atoms with van der Waals surface area (Å²) in [5, 5.41) is 2.84. The van der Waals surface area contributed by atoms with Crippen molar-refractivity contribution in [3.8, 4) is 5.75 Å². The summed E-state index contributed by atoms with van der Waals surface area (Å²) in [5.74, 6) is -0.453. The summed E-state index contributed by atoms with van der Waals surface area (Å²) in [6, 6.07) is 18.3. The average molecular weight is 471 g/mol. The minimum Gasteiger partial charge on any atom is -0.494 e. The van der Waals surface area contributed by atoms with Gasteiger partial charge in [-0.05, 0) is 74.9 Å². The topological polar surface area (TPSA) is 75.7 Å². The van der Waals surface area contributed by atoms with Crippen molar-refractivity contribution >= 4 is 21.6 Å². The lowest BCUT2D eigenvalue weighted by molar-refractivity contribution is -0.120. The summed E-state index contributed by atoms with van der Waals surface area (Å²) < 4.78 is 46.7. The molecular weight excluding hydrogens is 443 g/mol. The van der Waals surface area contributed by atoms with Gasteiger partial charge in [0.15, 0.2) is 0 Å². The third kappa shape index (κ3) is 6.10. The van der Waals surface area contributed by atoms with Gasteiger partial charge in [0.05, 0.1) is 23.2 Å². The molecule has 0 saturated carbocycles. The lowest BCUT2D eigenvalue weighted by Gasteiger charge is -2.25. The van der Waals surface area contributed by atoms with Gasteiger partial charge in [0.1, 0.15) is 18.1 Å². The molecule has 0 bridgehead atoms. The third-order valence-corrected chi connectivity index (χ3v) is 6.87. The molecule has 0 aromatic heterocycles. The second kappa shape index (κ2) is 10.5. The van der Waals surface area contributed by atoms with Gasteiger partial charge in [0, 0.05) is 0 Å². The summed E-state index contributed by atoms with van der Waals surface area (Å²) in [6.07, 6.45) is 0. The summed E-state index contributed by atoms with van der Waals surface area (Å²) in [6.45, 7) is 5.62. The number of nitrogens with zero attached hydrogens (tertiary/aromatic N) is 1. The minimum atomic E-state index is -4.11. The van der Waals surface area contributed by atoms with Gasteiger partial charge < -0.3 is 10.1 Å². The van der Waals surface area contributed by atoms with E-state index in [1.807, 2.05) is 45.0 Å². The van der Waals surface area contributed by atoms with Gasteiger partial charge in [0.25, 0.3) is 10.0 Å². The molecule has 1 amide bonds. The van der Waals surface area contributed by atoms with Crippen molar-refractivity contribution in [2.75, 3.05) is 17.5 Å². The van der Waals surface area contributed by atoms with Crippen LogP contribution in [0.2, 0.25) is 0 Å². The number of anilines is 1. The Hall–Kier alpha value is -3.39.